The summed E-state index contributed by atoms with van der Waals surface area (Å²) in [5.41, 5.74) is 1.13. The number of aryl methyl sites for hydroxylation is 1. The molecule has 28 heavy (non-hydrogen) atoms. The van der Waals surface area contributed by atoms with Gasteiger partial charge in [-0.15, -0.1) is 11.6 Å². The van der Waals surface area contributed by atoms with Gasteiger partial charge in [0.25, 0.3) is 0 Å². The van der Waals surface area contributed by atoms with Crippen molar-refractivity contribution in [1.82, 2.24) is 5.32 Å². The Morgan fingerprint density at radius 3 is 3.00 bits per heavy atom. The fourth-order valence-electron chi connectivity index (χ4n) is 3.97. The summed E-state index contributed by atoms with van der Waals surface area (Å²) in [7, 11) is 1.70. The highest BCUT2D eigenvalue weighted by atomic mass is 79.9. The summed E-state index contributed by atoms with van der Waals surface area (Å²) in [5, 5.41) is 3.40. The van der Waals surface area contributed by atoms with Crippen molar-refractivity contribution >= 4 is 33.4 Å². The number of rotatable bonds is 5. The van der Waals surface area contributed by atoms with Crippen molar-refractivity contribution in [2.75, 3.05) is 33.4 Å². The van der Waals surface area contributed by atoms with Gasteiger partial charge in [0.15, 0.2) is 5.76 Å². The zero-order valence-corrected chi connectivity index (χ0v) is 18.2. The molecule has 0 aromatic heterocycles. The van der Waals surface area contributed by atoms with Crippen LogP contribution in [0, 0.1) is 5.92 Å². The van der Waals surface area contributed by atoms with Crippen molar-refractivity contribution in [2.45, 2.75) is 24.1 Å². The van der Waals surface area contributed by atoms with E-state index in [4.69, 9.17) is 25.8 Å². The lowest BCUT2D eigenvalue weighted by atomic mass is 9.79. The largest absolute Gasteiger partial charge is 0.496 e. The molecule has 0 amide bonds. The lowest BCUT2D eigenvalue weighted by molar-refractivity contribution is 0.0463. The van der Waals surface area contributed by atoms with Gasteiger partial charge in [0, 0.05) is 17.6 Å². The molecule has 0 saturated heterocycles. The van der Waals surface area contributed by atoms with Crippen LogP contribution in [0.5, 0.6) is 5.75 Å². The quantitative estimate of drug-likeness (QED) is 0.659. The first-order valence-corrected chi connectivity index (χ1v) is 10.8. The monoisotopic (exact) mass is 466 g/mol. The second-order valence-corrected chi connectivity index (χ2v) is 8.63. The summed E-state index contributed by atoms with van der Waals surface area (Å²) < 4.78 is 18.4. The molecule has 1 aromatic carbocycles. The number of hydrogen-bond acceptors (Lipinski definition) is 5. The molecule has 1 aromatic rings. The molecule has 0 radical (unpaired) electrons. The third-order valence-corrected chi connectivity index (χ3v) is 6.41. The number of allylic oxidation sites excluding steroid dienone is 2. The highest BCUT2D eigenvalue weighted by Crippen LogP contribution is 2.44. The van der Waals surface area contributed by atoms with Gasteiger partial charge in [-0.25, -0.2) is 0 Å². The Hall–Kier alpha value is -1.66. The number of hydrogen-bond donors (Lipinski definition) is 1. The minimum Gasteiger partial charge on any atom is -0.496 e. The van der Waals surface area contributed by atoms with E-state index in [1.807, 2.05) is 24.3 Å². The number of ether oxygens (including phenoxy) is 3. The van der Waals surface area contributed by atoms with Crippen LogP contribution in [0.1, 0.15) is 18.4 Å². The van der Waals surface area contributed by atoms with Gasteiger partial charge in [0.1, 0.15) is 35.4 Å². The van der Waals surface area contributed by atoms with E-state index < -0.39 is 4.87 Å². The third-order valence-electron chi connectivity index (χ3n) is 5.35. The van der Waals surface area contributed by atoms with Crippen molar-refractivity contribution in [1.29, 1.82) is 0 Å². The minimum atomic E-state index is -0.765. The van der Waals surface area contributed by atoms with Crippen molar-refractivity contribution in [3.63, 3.8) is 0 Å². The Morgan fingerprint density at radius 2 is 2.21 bits per heavy atom. The fraction of sp³-hybridized carbons (Fsp3) is 0.476. The zero-order valence-electron chi connectivity index (χ0n) is 15.8. The number of methoxy groups -OCH3 is 1. The first-order chi connectivity index (χ1) is 13.6. The van der Waals surface area contributed by atoms with Crippen LogP contribution in [0.15, 0.2) is 51.3 Å². The summed E-state index contributed by atoms with van der Waals surface area (Å²) in [5.74, 6) is 3.22. The highest BCUT2D eigenvalue weighted by molar-refractivity contribution is 9.10. The molecule has 3 aliphatic rings. The van der Waals surface area contributed by atoms with E-state index >= 15 is 0 Å². The smallest absolute Gasteiger partial charge is 0.157 e. The van der Waals surface area contributed by atoms with E-state index in [0.717, 1.165) is 65.5 Å². The van der Waals surface area contributed by atoms with Crippen molar-refractivity contribution < 1.29 is 14.2 Å². The summed E-state index contributed by atoms with van der Waals surface area (Å²) >= 11 is 10.8. The average molecular weight is 468 g/mol. The Morgan fingerprint density at radius 1 is 1.36 bits per heavy atom. The van der Waals surface area contributed by atoms with Crippen LogP contribution in [-0.2, 0) is 15.9 Å². The molecule has 0 saturated carbocycles. The lowest BCUT2D eigenvalue weighted by Crippen LogP contribution is -2.51. The number of halogens is 2. The van der Waals surface area contributed by atoms with Crippen LogP contribution >= 0.6 is 27.5 Å². The molecule has 7 heteroatoms. The summed E-state index contributed by atoms with van der Waals surface area (Å²) in [4.78, 5) is 3.92. The van der Waals surface area contributed by atoms with Crippen LogP contribution < -0.4 is 10.1 Å². The minimum absolute atomic E-state index is 0.0810. The van der Waals surface area contributed by atoms with Gasteiger partial charge in [-0.05, 0) is 49.1 Å². The number of aliphatic imine (C=N–C) groups is 1. The summed E-state index contributed by atoms with van der Waals surface area (Å²) in [6.45, 7) is 2.77. The summed E-state index contributed by atoms with van der Waals surface area (Å²) in [6, 6.07) is 6.06. The maximum Gasteiger partial charge on any atom is 0.157 e. The Kier molecular flexibility index (Phi) is 5.88. The molecular weight excluding hydrogens is 444 g/mol. The normalized spacial score (nSPS) is 26.5. The predicted molar refractivity (Wildman–Crippen MR) is 114 cm³/mol. The molecule has 150 valence electrons. The number of alkyl halides is 1. The number of benzene rings is 1. The molecule has 5 nitrogen and oxygen atoms in total. The fourth-order valence-corrected chi connectivity index (χ4v) is 4.77. The van der Waals surface area contributed by atoms with E-state index in [2.05, 4.69) is 32.3 Å². The standard InChI is InChI=1S/C21H24BrClN2O3/c1-26-17-6-4-15(22)13-14(17)3-5-16-19-18(27-11-12-28-19)7-8-21(16,23)20-24-9-2-10-25-20/h4,6-8,13,16H,2-3,5,9-12H2,1H3,(H,24,25). The highest BCUT2D eigenvalue weighted by Gasteiger charge is 2.47. The zero-order chi connectivity index (χ0) is 19.6. The molecule has 2 aliphatic heterocycles. The van der Waals surface area contributed by atoms with E-state index in [9.17, 15) is 0 Å². The van der Waals surface area contributed by atoms with Crippen LogP contribution in [0.25, 0.3) is 0 Å². The SMILES string of the molecule is COc1ccc(Br)cc1CCC1C2=C(C=CC1(Cl)C1=NCCCN1)OCCO2. The van der Waals surface area contributed by atoms with Crippen LogP contribution in [0.4, 0.5) is 0 Å². The first kappa shape index (κ1) is 19.6. The molecule has 0 spiro atoms. The number of nitrogens with one attached hydrogen (secondary N) is 1. The molecule has 1 aliphatic carbocycles. The van der Waals surface area contributed by atoms with Crippen LogP contribution in [0.2, 0.25) is 0 Å². The Labute approximate surface area is 178 Å². The Balaban J connectivity index is 1.65. The van der Waals surface area contributed by atoms with Crippen molar-refractivity contribution in [3.05, 3.63) is 51.9 Å². The third kappa shape index (κ3) is 3.77. The second kappa shape index (κ2) is 8.37. The number of nitrogens with zero attached hydrogens (tertiary/aromatic N) is 1. The predicted octanol–water partition coefficient (Wildman–Crippen LogP) is 4.20. The average Bonchev–Trinajstić information content (AvgIpc) is 2.74. The molecule has 4 rings (SSSR count). The van der Waals surface area contributed by atoms with Crippen LogP contribution in [0.3, 0.4) is 0 Å². The first-order valence-electron chi connectivity index (χ1n) is 9.61. The molecule has 2 atom stereocenters. The van der Waals surface area contributed by atoms with Gasteiger partial charge in [-0.1, -0.05) is 22.0 Å². The second-order valence-electron chi connectivity index (χ2n) is 7.08. The molecule has 0 fully saturated rings. The molecule has 0 bridgehead atoms. The topological polar surface area (TPSA) is 52.1 Å². The maximum absolute atomic E-state index is 7.22. The van der Waals surface area contributed by atoms with Gasteiger partial charge in [0.2, 0.25) is 0 Å². The summed E-state index contributed by atoms with van der Waals surface area (Å²) in [6.07, 6.45) is 6.53. The van der Waals surface area contributed by atoms with Gasteiger partial charge in [0.05, 0.1) is 13.0 Å². The van der Waals surface area contributed by atoms with Crippen LogP contribution in [-0.4, -0.2) is 44.1 Å². The van der Waals surface area contributed by atoms with E-state index in [1.165, 1.54) is 0 Å². The molecule has 2 unspecified atom stereocenters. The van der Waals surface area contributed by atoms with Crippen molar-refractivity contribution in [2.24, 2.45) is 10.9 Å². The lowest BCUT2D eigenvalue weighted by Gasteiger charge is -2.40. The molecule has 1 N–H and O–H groups in total. The van der Waals surface area contributed by atoms with E-state index in [0.29, 0.717) is 13.2 Å². The maximum atomic E-state index is 7.22. The molecular formula is C21H24BrClN2O3. The van der Waals surface area contributed by atoms with Gasteiger partial charge in [-0.3, -0.25) is 4.99 Å². The van der Waals surface area contributed by atoms with E-state index in [1.54, 1.807) is 7.11 Å². The number of amidine groups is 1. The Bertz CT molecular complexity index is 839. The van der Waals surface area contributed by atoms with Crippen molar-refractivity contribution in [3.8, 4) is 5.75 Å². The van der Waals surface area contributed by atoms with Gasteiger partial charge < -0.3 is 19.5 Å². The molecule has 2 heterocycles. The van der Waals surface area contributed by atoms with Gasteiger partial charge >= 0.3 is 0 Å². The van der Waals surface area contributed by atoms with E-state index in [-0.39, 0.29) is 5.92 Å². The van der Waals surface area contributed by atoms with Gasteiger partial charge in [-0.2, -0.15) is 0 Å².